The lowest BCUT2D eigenvalue weighted by molar-refractivity contribution is 0.0374. The highest BCUT2D eigenvalue weighted by Crippen LogP contribution is 2.25. The Morgan fingerprint density at radius 1 is 1.16 bits per heavy atom. The lowest BCUT2D eigenvalue weighted by Crippen LogP contribution is -2.38. The maximum absolute atomic E-state index is 13.3. The fraction of sp³-hybridized carbons (Fsp3) is 0.333. The second-order valence-corrected chi connectivity index (χ2v) is 7.75. The lowest BCUT2D eigenvalue weighted by Gasteiger charge is -2.26. The van der Waals surface area contributed by atoms with Crippen LogP contribution < -0.4 is 5.32 Å². The van der Waals surface area contributed by atoms with Crippen LogP contribution in [0, 0.1) is 12.7 Å². The zero-order chi connectivity index (χ0) is 21.6. The molecule has 1 aliphatic heterocycles. The summed E-state index contributed by atoms with van der Waals surface area (Å²) in [6.45, 7) is 6.95. The number of carbonyl (C=O) groups is 1. The molecule has 31 heavy (non-hydrogen) atoms. The van der Waals surface area contributed by atoms with Crippen molar-refractivity contribution in [3.8, 4) is 16.9 Å². The molecule has 6 nitrogen and oxygen atoms in total. The Labute approximate surface area is 181 Å². The van der Waals surface area contributed by atoms with Crippen molar-refractivity contribution in [2.24, 2.45) is 0 Å². The van der Waals surface area contributed by atoms with Gasteiger partial charge in [0.1, 0.15) is 11.5 Å². The molecule has 0 spiro atoms. The summed E-state index contributed by atoms with van der Waals surface area (Å²) in [7, 11) is 0. The molecule has 1 amide bonds. The fourth-order valence-corrected chi connectivity index (χ4v) is 3.70. The molecule has 2 aromatic carbocycles. The molecule has 162 valence electrons. The summed E-state index contributed by atoms with van der Waals surface area (Å²) in [5.41, 5.74) is 3.77. The summed E-state index contributed by atoms with van der Waals surface area (Å²) < 4.78 is 20.3. The normalized spacial score (nSPS) is 14.5. The van der Waals surface area contributed by atoms with Gasteiger partial charge < -0.3 is 10.1 Å². The average Bonchev–Trinajstić information content (AvgIpc) is 3.23. The van der Waals surface area contributed by atoms with Gasteiger partial charge in [-0.25, -0.2) is 9.07 Å². The topological polar surface area (TPSA) is 59.4 Å². The van der Waals surface area contributed by atoms with Gasteiger partial charge in [-0.2, -0.15) is 5.10 Å². The summed E-state index contributed by atoms with van der Waals surface area (Å²) in [4.78, 5) is 15.4. The summed E-state index contributed by atoms with van der Waals surface area (Å²) in [6.07, 6.45) is 2.58. The van der Waals surface area contributed by atoms with E-state index in [2.05, 4.69) is 15.3 Å². The van der Waals surface area contributed by atoms with Crippen LogP contribution in [0.25, 0.3) is 16.9 Å². The summed E-state index contributed by atoms with van der Waals surface area (Å²) in [5.74, 6) is -0.472. The first kappa shape index (κ1) is 21.2. The highest BCUT2D eigenvalue weighted by atomic mass is 19.1. The maximum Gasteiger partial charge on any atom is 0.255 e. The number of aromatic nitrogens is 2. The third-order valence-electron chi connectivity index (χ3n) is 5.38. The predicted octanol–water partition coefficient (Wildman–Crippen LogP) is 3.44. The zero-order valence-corrected chi connectivity index (χ0v) is 17.7. The van der Waals surface area contributed by atoms with Gasteiger partial charge in [-0.15, -0.1) is 0 Å². The van der Waals surface area contributed by atoms with Crippen LogP contribution in [0.5, 0.6) is 0 Å². The molecule has 0 radical (unpaired) electrons. The molecule has 0 aliphatic carbocycles. The van der Waals surface area contributed by atoms with E-state index in [1.807, 2.05) is 31.2 Å². The molecule has 1 saturated heterocycles. The monoisotopic (exact) mass is 422 g/mol. The molecule has 0 unspecified atom stereocenters. The predicted molar refractivity (Wildman–Crippen MR) is 118 cm³/mol. The van der Waals surface area contributed by atoms with Crippen LogP contribution in [0.4, 0.5) is 4.39 Å². The third-order valence-corrected chi connectivity index (χ3v) is 5.38. The molecule has 3 aromatic rings. The number of benzene rings is 2. The SMILES string of the molecule is Cc1cccc(-c2nn(-c3ccc(F)cc3)cc2C(=O)NCCCN2CCOCC2)c1. The summed E-state index contributed by atoms with van der Waals surface area (Å²) in [5, 5.41) is 7.68. The number of nitrogens with one attached hydrogen (secondary N) is 1. The molecule has 7 heteroatoms. The van der Waals surface area contributed by atoms with Gasteiger partial charge in [0.05, 0.1) is 24.5 Å². The van der Waals surface area contributed by atoms with Crippen LogP contribution in [0.2, 0.25) is 0 Å². The molecular formula is C24H27FN4O2. The first-order valence-corrected chi connectivity index (χ1v) is 10.6. The minimum Gasteiger partial charge on any atom is -0.379 e. The van der Waals surface area contributed by atoms with E-state index in [4.69, 9.17) is 4.74 Å². The fourth-order valence-electron chi connectivity index (χ4n) is 3.70. The Hall–Kier alpha value is -3.03. The minimum absolute atomic E-state index is 0.160. The molecule has 0 atom stereocenters. The number of halogens is 1. The molecule has 4 rings (SSSR count). The Morgan fingerprint density at radius 3 is 2.68 bits per heavy atom. The number of hydrogen-bond donors (Lipinski definition) is 1. The van der Waals surface area contributed by atoms with Gasteiger partial charge in [0.2, 0.25) is 0 Å². The third kappa shape index (κ3) is 5.37. The highest BCUT2D eigenvalue weighted by molar-refractivity contribution is 6.00. The zero-order valence-electron chi connectivity index (χ0n) is 17.7. The second kappa shape index (κ2) is 9.85. The number of aryl methyl sites for hydroxylation is 1. The van der Waals surface area contributed by atoms with E-state index in [0.29, 0.717) is 23.5 Å². The van der Waals surface area contributed by atoms with Gasteiger partial charge in [-0.05, 0) is 50.2 Å². The van der Waals surface area contributed by atoms with E-state index in [9.17, 15) is 9.18 Å². The number of rotatable bonds is 7. The van der Waals surface area contributed by atoms with Crippen molar-refractivity contribution in [3.63, 3.8) is 0 Å². The van der Waals surface area contributed by atoms with Crippen LogP contribution in [-0.2, 0) is 4.74 Å². The molecule has 1 fully saturated rings. The van der Waals surface area contributed by atoms with E-state index >= 15 is 0 Å². The standard InChI is InChI=1S/C24H27FN4O2/c1-18-4-2-5-19(16-18)23-22(17-29(27-23)21-8-6-20(25)7-9-21)24(30)26-10-3-11-28-12-14-31-15-13-28/h2,4-9,16-17H,3,10-15H2,1H3,(H,26,30). The molecule has 0 saturated carbocycles. The average molecular weight is 423 g/mol. The molecule has 1 N–H and O–H groups in total. The first-order chi connectivity index (χ1) is 15.1. The van der Waals surface area contributed by atoms with Crippen molar-refractivity contribution in [1.29, 1.82) is 0 Å². The number of amides is 1. The number of carbonyl (C=O) groups excluding carboxylic acids is 1. The molecule has 0 bridgehead atoms. The van der Waals surface area contributed by atoms with E-state index in [0.717, 1.165) is 50.4 Å². The Balaban J connectivity index is 1.51. The van der Waals surface area contributed by atoms with Crippen molar-refractivity contribution < 1.29 is 13.9 Å². The summed E-state index contributed by atoms with van der Waals surface area (Å²) >= 11 is 0. The number of nitrogens with zero attached hydrogens (tertiary/aromatic N) is 3. The van der Waals surface area contributed by atoms with Gasteiger partial charge in [0.15, 0.2) is 0 Å². The highest BCUT2D eigenvalue weighted by Gasteiger charge is 2.19. The van der Waals surface area contributed by atoms with Crippen LogP contribution >= 0.6 is 0 Å². The smallest absolute Gasteiger partial charge is 0.255 e. The minimum atomic E-state index is -0.312. The van der Waals surface area contributed by atoms with Crippen molar-refractivity contribution in [3.05, 3.63) is 71.7 Å². The largest absolute Gasteiger partial charge is 0.379 e. The van der Waals surface area contributed by atoms with Gasteiger partial charge >= 0.3 is 0 Å². The Bertz CT molecular complexity index is 1030. The van der Waals surface area contributed by atoms with Crippen LogP contribution in [0.15, 0.2) is 54.7 Å². The van der Waals surface area contributed by atoms with Crippen LogP contribution in [0.1, 0.15) is 22.3 Å². The Morgan fingerprint density at radius 2 is 1.94 bits per heavy atom. The Kier molecular flexibility index (Phi) is 6.74. The first-order valence-electron chi connectivity index (χ1n) is 10.6. The van der Waals surface area contributed by atoms with Gasteiger partial charge in [0.25, 0.3) is 5.91 Å². The number of hydrogen-bond acceptors (Lipinski definition) is 4. The molecule has 1 aromatic heterocycles. The number of morpholine rings is 1. The van der Waals surface area contributed by atoms with Crippen molar-refractivity contribution in [1.82, 2.24) is 20.0 Å². The van der Waals surface area contributed by atoms with Crippen molar-refractivity contribution >= 4 is 5.91 Å². The second-order valence-electron chi connectivity index (χ2n) is 7.75. The van der Waals surface area contributed by atoms with Crippen molar-refractivity contribution in [2.75, 3.05) is 39.4 Å². The molecule has 1 aliphatic rings. The van der Waals surface area contributed by atoms with Crippen LogP contribution in [0.3, 0.4) is 0 Å². The van der Waals surface area contributed by atoms with E-state index < -0.39 is 0 Å². The van der Waals surface area contributed by atoms with Gasteiger partial charge in [-0.1, -0.05) is 23.8 Å². The molecular weight excluding hydrogens is 395 g/mol. The van der Waals surface area contributed by atoms with E-state index in [1.54, 1.807) is 23.0 Å². The van der Waals surface area contributed by atoms with Crippen molar-refractivity contribution in [2.45, 2.75) is 13.3 Å². The maximum atomic E-state index is 13.3. The van der Waals surface area contributed by atoms with E-state index in [1.165, 1.54) is 12.1 Å². The van der Waals surface area contributed by atoms with E-state index in [-0.39, 0.29) is 11.7 Å². The van der Waals surface area contributed by atoms with Gasteiger partial charge in [0, 0.05) is 31.4 Å². The number of ether oxygens (including phenoxy) is 1. The summed E-state index contributed by atoms with van der Waals surface area (Å²) in [6, 6.07) is 14.0. The quantitative estimate of drug-likeness (QED) is 0.593. The van der Waals surface area contributed by atoms with Gasteiger partial charge in [-0.3, -0.25) is 9.69 Å². The molecule has 2 heterocycles. The lowest BCUT2D eigenvalue weighted by atomic mass is 10.1. The van der Waals surface area contributed by atoms with Crippen LogP contribution in [-0.4, -0.2) is 60.0 Å².